The van der Waals surface area contributed by atoms with E-state index in [1.165, 1.54) is 19.3 Å². The molecule has 3 fully saturated rings. The summed E-state index contributed by atoms with van der Waals surface area (Å²) in [6.45, 7) is 8.80. The molecule has 25 heavy (non-hydrogen) atoms. The summed E-state index contributed by atoms with van der Waals surface area (Å²) in [5, 5.41) is 0. The van der Waals surface area contributed by atoms with Crippen molar-refractivity contribution >= 4 is 11.8 Å². The van der Waals surface area contributed by atoms with Crippen LogP contribution in [0.2, 0.25) is 0 Å². The predicted molar refractivity (Wildman–Crippen MR) is 97.1 cm³/mol. The zero-order valence-electron chi connectivity index (χ0n) is 16.0. The summed E-state index contributed by atoms with van der Waals surface area (Å²) in [6.07, 6.45) is 7.16. The number of morpholine rings is 1. The topological polar surface area (TPSA) is 49.9 Å². The molecule has 1 aliphatic carbocycles. The molecule has 1 saturated carbocycles. The van der Waals surface area contributed by atoms with Crippen LogP contribution < -0.4 is 0 Å². The molecule has 2 amide bonds. The Bertz CT molecular complexity index is 479. The van der Waals surface area contributed by atoms with Crippen LogP contribution in [0.25, 0.3) is 0 Å². The zero-order chi connectivity index (χ0) is 17.9. The Kier molecular flexibility index (Phi) is 6.03. The molecule has 5 nitrogen and oxygen atoms in total. The molecule has 1 unspecified atom stereocenters. The second kappa shape index (κ2) is 8.07. The van der Waals surface area contributed by atoms with Crippen molar-refractivity contribution in [1.82, 2.24) is 9.80 Å². The van der Waals surface area contributed by atoms with Gasteiger partial charge in [0.05, 0.1) is 13.2 Å². The molecule has 142 valence electrons. The van der Waals surface area contributed by atoms with Gasteiger partial charge in [-0.25, -0.2) is 0 Å². The van der Waals surface area contributed by atoms with Crippen LogP contribution in [-0.2, 0) is 14.3 Å². The SMILES string of the molecule is CCC(CC)C(=O)N1CC(CCC(=O)N2CCOCC2)C2(CCC2)C1. The molecule has 0 radical (unpaired) electrons. The maximum atomic E-state index is 12.8. The molecule has 2 heterocycles. The summed E-state index contributed by atoms with van der Waals surface area (Å²) in [6, 6.07) is 0. The van der Waals surface area contributed by atoms with Crippen LogP contribution in [-0.4, -0.2) is 61.0 Å². The van der Waals surface area contributed by atoms with Crippen molar-refractivity contribution in [3.8, 4) is 0 Å². The number of carbonyl (C=O) groups is 2. The summed E-state index contributed by atoms with van der Waals surface area (Å²) in [5.74, 6) is 1.29. The largest absolute Gasteiger partial charge is 0.378 e. The molecular formula is C20H34N2O3. The Hall–Kier alpha value is -1.10. The van der Waals surface area contributed by atoms with Crippen molar-refractivity contribution in [2.75, 3.05) is 39.4 Å². The number of hydrogen-bond acceptors (Lipinski definition) is 3. The highest BCUT2D eigenvalue weighted by Gasteiger charge is 2.51. The van der Waals surface area contributed by atoms with Gasteiger partial charge in [0.1, 0.15) is 0 Å². The van der Waals surface area contributed by atoms with Gasteiger partial charge in [0.15, 0.2) is 0 Å². The smallest absolute Gasteiger partial charge is 0.225 e. The van der Waals surface area contributed by atoms with Crippen molar-refractivity contribution in [1.29, 1.82) is 0 Å². The maximum absolute atomic E-state index is 12.8. The Balaban J connectivity index is 1.56. The van der Waals surface area contributed by atoms with Crippen molar-refractivity contribution in [2.45, 2.75) is 58.8 Å². The number of hydrogen-bond donors (Lipinski definition) is 0. The van der Waals surface area contributed by atoms with E-state index >= 15 is 0 Å². The van der Waals surface area contributed by atoms with Gasteiger partial charge in [-0.05, 0) is 43.4 Å². The lowest BCUT2D eigenvalue weighted by Gasteiger charge is -2.43. The van der Waals surface area contributed by atoms with E-state index in [0.717, 1.165) is 45.4 Å². The quantitative estimate of drug-likeness (QED) is 0.740. The molecule has 2 saturated heterocycles. The zero-order valence-corrected chi connectivity index (χ0v) is 16.0. The first-order valence-electron chi connectivity index (χ1n) is 10.2. The number of rotatable bonds is 6. The lowest BCUT2D eigenvalue weighted by atomic mass is 9.62. The first-order chi connectivity index (χ1) is 12.1. The third-order valence-corrected chi connectivity index (χ3v) is 6.88. The van der Waals surface area contributed by atoms with Crippen molar-refractivity contribution in [3.05, 3.63) is 0 Å². The average Bonchev–Trinajstić information content (AvgIpc) is 3.01. The van der Waals surface area contributed by atoms with E-state index in [9.17, 15) is 9.59 Å². The number of carbonyl (C=O) groups excluding carboxylic acids is 2. The molecule has 1 spiro atoms. The van der Waals surface area contributed by atoms with E-state index in [1.807, 2.05) is 4.90 Å². The van der Waals surface area contributed by atoms with Crippen LogP contribution in [0.5, 0.6) is 0 Å². The van der Waals surface area contributed by atoms with E-state index in [1.54, 1.807) is 0 Å². The van der Waals surface area contributed by atoms with Crippen molar-refractivity contribution in [3.63, 3.8) is 0 Å². The Morgan fingerprint density at radius 2 is 1.80 bits per heavy atom. The molecule has 3 aliphatic rings. The van der Waals surface area contributed by atoms with E-state index in [0.29, 0.717) is 36.9 Å². The normalized spacial score (nSPS) is 25.5. The molecule has 0 bridgehead atoms. The van der Waals surface area contributed by atoms with Crippen LogP contribution in [0.3, 0.4) is 0 Å². The van der Waals surface area contributed by atoms with E-state index in [-0.39, 0.29) is 11.8 Å². The van der Waals surface area contributed by atoms with E-state index < -0.39 is 0 Å². The van der Waals surface area contributed by atoms with Gasteiger partial charge < -0.3 is 14.5 Å². The number of amides is 2. The van der Waals surface area contributed by atoms with Gasteiger partial charge in [-0.15, -0.1) is 0 Å². The summed E-state index contributed by atoms with van der Waals surface area (Å²) < 4.78 is 5.33. The molecule has 5 heteroatoms. The predicted octanol–water partition coefficient (Wildman–Crippen LogP) is 2.69. The third kappa shape index (κ3) is 3.86. The average molecular weight is 351 g/mol. The second-order valence-electron chi connectivity index (χ2n) is 8.18. The van der Waals surface area contributed by atoms with Crippen LogP contribution in [0.15, 0.2) is 0 Å². The molecular weight excluding hydrogens is 316 g/mol. The fraction of sp³-hybridized carbons (Fsp3) is 0.900. The first-order valence-corrected chi connectivity index (χ1v) is 10.2. The summed E-state index contributed by atoms with van der Waals surface area (Å²) in [4.78, 5) is 29.4. The van der Waals surface area contributed by atoms with Crippen LogP contribution in [0.4, 0.5) is 0 Å². The standard InChI is InChI=1S/C20H34N2O3/c1-3-16(4-2)19(24)22-14-17(20(15-22)8-5-9-20)6-7-18(23)21-10-12-25-13-11-21/h16-17H,3-15H2,1-2H3. The highest BCUT2D eigenvalue weighted by molar-refractivity contribution is 5.79. The van der Waals surface area contributed by atoms with Gasteiger partial charge in [0.2, 0.25) is 11.8 Å². The van der Waals surface area contributed by atoms with Crippen molar-refractivity contribution < 1.29 is 14.3 Å². The molecule has 0 N–H and O–H groups in total. The monoisotopic (exact) mass is 350 g/mol. The molecule has 0 aromatic carbocycles. The van der Waals surface area contributed by atoms with Gasteiger partial charge >= 0.3 is 0 Å². The minimum absolute atomic E-state index is 0.172. The van der Waals surface area contributed by atoms with Gasteiger partial charge in [-0.3, -0.25) is 9.59 Å². The third-order valence-electron chi connectivity index (χ3n) is 6.88. The van der Waals surface area contributed by atoms with Crippen LogP contribution in [0, 0.1) is 17.3 Å². The van der Waals surface area contributed by atoms with Gasteiger partial charge in [0.25, 0.3) is 0 Å². The molecule has 3 rings (SSSR count). The Labute approximate surface area is 152 Å². The molecule has 2 aliphatic heterocycles. The Morgan fingerprint density at radius 3 is 2.36 bits per heavy atom. The fourth-order valence-electron chi connectivity index (χ4n) is 4.96. The first kappa shape index (κ1) is 18.7. The highest BCUT2D eigenvalue weighted by Crippen LogP contribution is 2.53. The lowest BCUT2D eigenvalue weighted by molar-refractivity contribution is -0.136. The molecule has 1 atom stereocenters. The lowest BCUT2D eigenvalue weighted by Crippen LogP contribution is -2.42. The minimum Gasteiger partial charge on any atom is -0.378 e. The Morgan fingerprint density at radius 1 is 1.12 bits per heavy atom. The summed E-state index contributed by atoms with van der Waals surface area (Å²) >= 11 is 0. The molecule has 0 aromatic rings. The number of likely N-dealkylation sites (tertiary alicyclic amines) is 1. The highest BCUT2D eigenvalue weighted by atomic mass is 16.5. The maximum Gasteiger partial charge on any atom is 0.225 e. The fourth-order valence-corrected chi connectivity index (χ4v) is 4.96. The van der Waals surface area contributed by atoms with E-state index in [2.05, 4.69) is 18.7 Å². The van der Waals surface area contributed by atoms with Gasteiger partial charge in [-0.1, -0.05) is 20.3 Å². The minimum atomic E-state index is 0.172. The number of nitrogens with zero attached hydrogens (tertiary/aromatic N) is 2. The van der Waals surface area contributed by atoms with Gasteiger partial charge in [0, 0.05) is 38.5 Å². The van der Waals surface area contributed by atoms with Crippen molar-refractivity contribution in [2.24, 2.45) is 17.3 Å². The summed E-state index contributed by atoms with van der Waals surface area (Å²) in [5.41, 5.74) is 0.312. The molecule has 0 aromatic heterocycles. The summed E-state index contributed by atoms with van der Waals surface area (Å²) in [7, 11) is 0. The number of ether oxygens (including phenoxy) is 1. The van der Waals surface area contributed by atoms with Gasteiger partial charge in [-0.2, -0.15) is 0 Å². The van der Waals surface area contributed by atoms with Crippen LogP contribution in [0.1, 0.15) is 58.8 Å². The second-order valence-corrected chi connectivity index (χ2v) is 8.18. The van der Waals surface area contributed by atoms with E-state index in [4.69, 9.17) is 4.74 Å². The van der Waals surface area contributed by atoms with Crippen LogP contribution >= 0.6 is 0 Å².